The highest BCUT2D eigenvalue weighted by atomic mass is 32.1. The first-order valence-electron chi connectivity index (χ1n) is 6.17. The molecule has 0 spiro atoms. The summed E-state index contributed by atoms with van der Waals surface area (Å²) in [4.78, 5) is 27.7. The molecule has 0 bridgehead atoms. The van der Waals surface area contributed by atoms with E-state index in [2.05, 4.69) is 10.3 Å². The zero-order valence-electron chi connectivity index (χ0n) is 11.5. The maximum atomic E-state index is 12.0. The van der Waals surface area contributed by atoms with E-state index >= 15 is 0 Å². The van der Waals surface area contributed by atoms with Crippen LogP contribution in [-0.2, 0) is 11.3 Å². The zero-order valence-corrected chi connectivity index (χ0v) is 12.4. The summed E-state index contributed by atoms with van der Waals surface area (Å²) in [6, 6.07) is 3.34. The highest BCUT2D eigenvalue weighted by Gasteiger charge is 2.11. The molecule has 0 fully saturated rings. The molecule has 6 nitrogen and oxygen atoms in total. The maximum absolute atomic E-state index is 12.0. The van der Waals surface area contributed by atoms with E-state index in [9.17, 15) is 9.59 Å². The van der Waals surface area contributed by atoms with Crippen molar-refractivity contribution in [1.82, 2.24) is 10.3 Å². The van der Waals surface area contributed by atoms with Crippen LogP contribution in [0.25, 0.3) is 6.08 Å². The van der Waals surface area contributed by atoms with Crippen LogP contribution in [0.2, 0.25) is 0 Å². The Kier molecular flexibility index (Phi) is 4.54. The molecule has 0 radical (unpaired) electrons. The van der Waals surface area contributed by atoms with Gasteiger partial charge in [-0.1, -0.05) is 0 Å². The second-order valence-corrected chi connectivity index (χ2v) is 5.42. The van der Waals surface area contributed by atoms with E-state index in [1.807, 2.05) is 13.8 Å². The number of carboxylic acids is 1. The predicted molar refractivity (Wildman–Crippen MR) is 78.1 cm³/mol. The van der Waals surface area contributed by atoms with E-state index in [-0.39, 0.29) is 12.5 Å². The van der Waals surface area contributed by atoms with E-state index in [1.54, 1.807) is 12.1 Å². The van der Waals surface area contributed by atoms with Crippen LogP contribution in [0.15, 0.2) is 22.6 Å². The predicted octanol–water partition coefficient (Wildman–Crippen LogP) is 2.38. The van der Waals surface area contributed by atoms with Crippen molar-refractivity contribution < 1.29 is 19.1 Å². The number of nitrogens with one attached hydrogen (secondary N) is 1. The number of oxazole rings is 1. The third-order valence-corrected chi connectivity index (χ3v) is 3.76. The molecule has 0 aromatic carbocycles. The van der Waals surface area contributed by atoms with Gasteiger partial charge in [0.15, 0.2) is 0 Å². The average molecular weight is 306 g/mol. The van der Waals surface area contributed by atoms with Gasteiger partial charge >= 0.3 is 5.97 Å². The number of carbonyl (C=O) groups is 2. The molecule has 2 aromatic rings. The first-order valence-corrected chi connectivity index (χ1v) is 6.99. The van der Waals surface area contributed by atoms with Gasteiger partial charge in [-0.3, -0.25) is 4.79 Å². The average Bonchev–Trinajstić information content (AvgIpc) is 3.02. The van der Waals surface area contributed by atoms with Crippen molar-refractivity contribution in [2.75, 3.05) is 0 Å². The molecule has 2 heterocycles. The summed E-state index contributed by atoms with van der Waals surface area (Å²) in [5.74, 6) is -0.0788. The minimum absolute atomic E-state index is 0.214. The van der Waals surface area contributed by atoms with E-state index in [1.165, 1.54) is 17.4 Å². The van der Waals surface area contributed by atoms with Gasteiger partial charge in [0.05, 0.1) is 17.1 Å². The summed E-state index contributed by atoms with van der Waals surface area (Å²) < 4.78 is 5.37. The first kappa shape index (κ1) is 15.0. The number of carboxylic acid groups (broad SMARTS) is 1. The summed E-state index contributed by atoms with van der Waals surface area (Å²) in [6.07, 6.45) is 2.48. The number of aryl methyl sites for hydroxylation is 2. The fraction of sp³-hybridized carbons (Fsp3) is 0.214. The lowest BCUT2D eigenvalue weighted by Crippen LogP contribution is -2.21. The minimum atomic E-state index is -1.02. The molecule has 2 aromatic heterocycles. The number of carbonyl (C=O) groups excluding carboxylic acids is 1. The summed E-state index contributed by atoms with van der Waals surface area (Å²) in [7, 11) is 0. The van der Waals surface area contributed by atoms with Crippen LogP contribution in [0.4, 0.5) is 0 Å². The number of hydrogen-bond acceptors (Lipinski definition) is 5. The van der Waals surface area contributed by atoms with Crippen molar-refractivity contribution >= 4 is 29.3 Å². The topological polar surface area (TPSA) is 92.4 Å². The van der Waals surface area contributed by atoms with Crippen molar-refractivity contribution in [2.24, 2.45) is 0 Å². The zero-order chi connectivity index (χ0) is 15.4. The Morgan fingerprint density at radius 3 is 2.81 bits per heavy atom. The van der Waals surface area contributed by atoms with Crippen molar-refractivity contribution in [3.05, 3.63) is 45.3 Å². The Labute approximate surface area is 125 Å². The lowest BCUT2D eigenvalue weighted by Gasteiger charge is -1.99. The first-order chi connectivity index (χ1) is 9.95. The van der Waals surface area contributed by atoms with Gasteiger partial charge in [-0.15, -0.1) is 11.3 Å². The van der Waals surface area contributed by atoms with Gasteiger partial charge in [-0.05, 0) is 32.1 Å². The third-order valence-electron chi connectivity index (χ3n) is 2.71. The summed E-state index contributed by atoms with van der Waals surface area (Å²) in [5.41, 5.74) is 0.802. The van der Waals surface area contributed by atoms with Crippen molar-refractivity contribution in [2.45, 2.75) is 20.4 Å². The van der Waals surface area contributed by atoms with Gasteiger partial charge in [0, 0.05) is 11.0 Å². The second kappa shape index (κ2) is 6.36. The van der Waals surface area contributed by atoms with Crippen LogP contribution in [-0.4, -0.2) is 22.0 Å². The quantitative estimate of drug-likeness (QED) is 0.827. The molecule has 110 valence electrons. The molecule has 2 rings (SSSR count). The van der Waals surface area contributed by atoms with Gasteiger partial charge < -0.3 is 14.8 Å². The van der Waals surface area contributed by atoms with E-state index in [4.69, 9.17) is 9.52 Å². The number of hydrogen-bond donors (Lipinski definition) is 2. The second-order valence-electron chi connectivity index (χ2n) is 4.31. The van der Waals surface area contributed by atoms with Crippen molar-refractivity contribution in [3.8, 4) is 0 Å². The molecule has 0 aliphatic rings. The lowest BCUT2D eigenvalue weighted by molar-refractivity contribution is -0.131. The van der Waals surface area contributed by atoms with Crippen molar-refractivity contribution in [1.29, 1.82) is 0 Å². The van der Waals surface area contributed by atoms with Crippen LogP contribution < -0.4 is 5.32 Å². The molecule has 0 atom stereocenters. The summed E-state index contributed by atoms with van der Waals surface area (Å²) >= 11 is 1.21. The van der Waals surface area contributed by atoms with Gasteiger partial charge in [0.25, 0.3) is 5.91 Å². The van der Waals surface area contributed by atoms with Gasteiger partial charge in [-0.25, -0.2) is 9.78 Å². The van der Waals surface area contributed by atoms with Gasteiger partial charge in [-0.2, -0.15) is 0 Å². The monoisotopic (exact) mass is 306 g/mol. The SMILES string of the molecule is Cc1nc(CNC(=O)c2ccc(/C=C/C(=O)O)s2)oc1C. The van der Waals surface area contributed by atoms with Gasteiger partial charge in [0.1, 0.15) is 5.76 Å². The lowest BCUT2D eigenvalue weighted by atomic mass is 10.4. The summed E-state index contributed by atoms with van der Waals surface area (Å²) in [5, 5.41) is 11.3. The Morgan fingerprint density at radius 2 is 2.19 bits per heavy atom. The van der Waals surface area contributed by atoms with E-state index in [0.717, 1.165) is 17.5 Å². The Balaban J connectivity index is 1.96. The largest absolute Gasteiger partial charge is 0.478 e. The van der Waals surface area contributed by atoms with Crippen molar-refractivity contribution in [3.63, 3.8) is 0 Å². The molecule has 0 aliphatic carbocycles. The molecule has 1 amide bonds. The van der Waals surface area contributed by atoms with Crippen LogP contribution in [0, 0.1) is 13.8 Å². The molecule has 2 N–H and O–H groups in total. The normalized spacial score (nSPS) is 11.0. The van der Waals surface area contributed by atoms with Crippen LogP contribution >= 0.6 is 11.3 Å². The molecular weight excluding hydrogens is 292 g/mol. The number of aliphatic carboxylic acids is 1. The minimum Gasteiger partial charge on any atom is -0.478 e. The van der Waals surface area contributed by atoms with Crippen LogP contribution in [0.1, 0.15) is 31.9 Å². The molecule has 0 saturated heterocycles. The number of aromatic nitrogens is 1. The highest BCUT2D eigenvalue weighted by molar-refractivity contribution is 7.14. The highest BCUT2D eigenvalue weighted by Crippen LogP contribution is 2.18. The molecule has 0 aliphatic heterocycles. The van der Waals surface area contributed by atoms with E-state index in [0.29, 0.717) is 15.6 Å². The summed E-state index contributed by atoms with van der Waals surface area (Å²) in [6.45, 7) is 3.87. The number of nitrogens with zero attached hydrogens (tertiary/aromatic N) is 1. The van der Waals surface area contributed by atoms with Gasteiger partial charge in [0.2, 0.25) is 5.89 Å². The molecular formula is C14H14N2O4S. The maximum Gasteiger partial charge on any atom is 0.328 e. The molecule has 0 unspecified atom stereocenters. The van der Waals surface area contributed by atoms with Crippen LogP contribution in [0.5, 0.6) is 0 Å². The smallest absolute Gasteiger partial charge is 0.328 e. The standard InChI is InChI=1S/C14H14N2O4S/c1-8-9(2)20-12(16-8)7-15-14(19)11-5-3-10(21-11)4-6-13(17)18/h3-6H,7H2,1-2H3,(H,15,19)(H,17,18)/b6-4+. The van der Waals surface area contributed by atoms with Crippen LogP contribution in [0.3, 0.4) is 0 Å². The molecule has 21 heavy (non-hydrogen) atoms. The fourth-order valence-electron chi connectivity index (χ4n) is 1.58. The number of amides is 1. The molecule has 0 saturated carbocycles. The van der Waals surface area contributed by atoms with E-state index < -0.39 is 5.97 Å². The molecule has 7 heteroatoms. The Hall–Kier alpha value is -2.41. The fourth-order valence-corrected chi connectivity index (χ4v) is 2.40. The number of rotatable bonds is 5. The Morgan fingerprint density at radius 1 is 1.43 bits per heavy atom. The number of thiophene rings is 1. The third kappa shape index (κ3) is 4.03. The Bertz CT molecular complexity index is 680.